The molecule has 0 unspecified atom stereocenters. The van der Waals surface area contributed by atoms with Crippen LogP contribution < -0.4 is 20.1 Å². The number of anilines is 1. The van der Waals surface area contributed by atoms with Gasteiger partial charge in [0.1, 0.15) is 0 Å². The van der Waals surface area contributed by atoms with Crippen LogP contribution in [0.1, 0.15) is 43.4 Å². The van der Waals surface area contributed by atoms with Gasteiger partial charge in [-0.25, -0.2) is 9.97 Å². The summed E-state index contributed by atoms with van der Waals surface area (Å²) in [6.07, 6.45) is 4.82. The highest BCUT2D eigenvalue weighted by atomic mass is 16.5. The molecule has 1 aliphatic heterocycles. The van der Waals surface area contributed by atoms with Gasteiger partial charge in [0.25, 0.3) is 5.91 Å². The van der Waals surface area contributed by atoms with E-state index < -0.39 is 5.60 Å². The Morgan fingerprint density at radius 1 is 1.18 bits per heavy atom. The van der Waals surface area contributed by atoms with E-state index in [0.717, 1.165) is 54.3 Å². The smallest absolute Gasteiger partial charge is 0.263 e. The van der Waals surface area contributed by atoms with Crippen LogP contribution in [-0.4, -0.2) is 46.3 Å². The number of rotatable bonds is 7. The van der Waals surface area contributed by atoms with E-state index in [0.29, 0.717) is 36.5 Å². The zero-order valence-corrected chi connectivity index (χ0v) is 19.3. The molecule has 8 nitrogen and oxygen atoms in total. The van der Waals surface area contributed by atoms with E-state index in [9.17, 15) is 9.90 Å². The maximum absolute atomic E-state index is 11.5. The Hall–Kier alpha value is -3.23. The summed E-state index contributed by atoms with van der Waals surface area (Å²) in [6.45, 7) is 0.637. The number of benzene rings is 1. The summed E-state index contributed by atoms with van der Waals surface area (Å²) in [5.74, 6) is 1.50. The summed E-state index contributed by atoms with van der Waals surface area (Å²) in [5.41, 5.74) is 2.27. The van der Waals surface area contributed by atoms with Gasteiger partial charge >= 0.3 is 0 Å². The van der Waals surface area contributed by atoms with Crippen LogP contribution in [0.15, 0.2) is 42.5 Å². The van der Waals surface area contributed by atoms with Crippen LogP contribution in [0.25, 0.3) is 10.9 Å². The summed E-state index contributed by atoms with van der Waals surface area (Å²) in [5, 5.41) is 18.6. The van der Waals surface area contributed by atoms with E-state index >= 15 is 0 Å². The fourth-order valence-electron chi connectivity index (χ4n) is 4.83. The molecule has 1 aromatic carbocycles. The number of aromatic nitrogens is 2. The number of hydrogen-bond donors (Lipinski definition) is 3. The highest BCUT2D eigenvalue weighted by molar-refractivity contribution is 5.94. The fraction of sp³-hybridized carbons (Fsp3) is 0.423. The summed E-state index contributed by atoms with van der Waals surface area (Å²) < 4.78 is 10.7. The van der Waals surface area contributed by atoms with Gasteiger partial charge in [-0.3, -0.25) is 4.79 Å². The van der Waals surface area contributed by atoms with Gasteiger partial charge in [0.05, 0.1) is 23.9 Å². The van der Waals surface area contributed by atoms with Gasteiger partial charge in [0.15, 0.2) is 18.2 Å². The third-order valence-corrected chi connectivity index (χ3v) is 6.87. The molecule has 3 aromatic rings. The Kier molecular flexibility index (Phi) is 6.34. The quantitative estimate of drug-likeness (QED) is 0.494. The van der Waals surface area contributed by atoms with E-state index in [1.807, 2.05) is 30.3 Å². The van der Waals surface area contributed by atoms with Crippen molar-refractivity contribution in [3.63, 3.8) is 0 Å². The Morgan fingerprint density at radius 3 is 2.85 bits per heavy atom. The first-order chi connectivity index (χ1) is 16.5. The number of pyridine rings is 2. The minimum Gasteiger partial charge on any atom is -0.481 e. The monoisotopic (exact) mass is 462 g/mol. The third-order valence-electron chi connectivity index (χ3n) is 6.87. The second-order valence-corrected chi connectivity index (χ2v) is 9.21. The molecule has 178 valence electrons. The van der Waals surface area contributed by atoms with Gasteiger partial charge in [0.2, 0.25) is 5.88 Å². The van der Waals surface area contributed by atoms with Crippen molar-refractivity contribution >= 4 is 22.6 Å². The predicted molar refractivity (Wildman–Crippen MR) is 129 cm³/mol. The second kappa shape index (κ2) is 9.56. The zero-order chi connectivity index (χ0) is 23.5. The molecule has 1 amide bonds. The minimum atomic E-state index is -0.662. The summed E-state index contributed by atoms with van der Waals surface area (Å²) >= 11 is 0. The lowest BCUT2D eigenvalue weighted by atomic mass is 9.78. The highest BCUT2D eigenvalue weighted by Gasteiger charge is 2.33. The van der Waals surface area contributed by atoms with Crippen molar-refractivity contribution in [2.45, 2.75) is 56.7 Å². The summed E-state index contributed by atoms with van der Waals surface area (Å²) in [4.78, 5) is 20.6. The number of carbonyl (C=O) groups is 1. The maximum Gasteiger partial charge on any atom is 0.263 e. The van der Waals surface area contributed by atoms with E-state index in [1.165, 1.54) is 0 Å². The van der Waals surface area contributed by atoms with E-state index in [1.54, 1.807) is 7.11 Å². The molecule has 2 aliphatic rings. The van der Waals surface area contributed by atoms with Crippen molar-refractivity contribution in [2.75, 3.05) is 19.0 Å². The molecule has 1 fully saturated rings. The lowest BCUT2D eigenvalue weighted by Crippen LogP contribution is -2.41. The number of para-hydroxylation sites is 1. The molecule has 1 aliphatic carbocycles. The second-order valence-electron chi connectivity index (χ2n) is 9.21. The van der Waals surface area contributed by atoms with Crippen LogP contribution in [0.4, 0.5) is 5.82 Å². The lowest BCUT2D eigenvalue weighted by molar-refractivity contribution is -0.118. The molecule has 5 rings (SSSR count). The molecule has 0 bridgehead atoms. The van der Waals surface area contributed by atoms with Gasteiger partial charge in [0, 0.05) is 24.0 Å². The van der Waals surface area contributed by atoms with Crippen LogP contribution in [-0.2, 0) is 17.8 Å². The average molecular weight is 463 g/mol. The Labute approximate surface area is 198 Å². The first-order valence-corrected chi connectivity index (χ1v) is 11.8. The van der Waals surface area contributed by atoms with E-state index in [4.69, 9.17) is 9.47 Å². The number of methoxy groups -OCH3 is 1. The van der Waals surface area contributed by atoms with E-state index in [2.05, 4.69) is 32.7 Å². The van der Waals surface area contributed by atoms with Crippen LogP contribution in [0.3, 0.4) is 0 Å². The molecule has 2 aromatic heterocycles. The topological polar surface area (TPSA) is 106 Å². The standard InChI is InChI=1S/C26H30N4O4/c1-33-23-8-5-17-3-2-4-18(24(17)30-23)9-12-26(32)13-10-19(11-14-26)27-15-20-6-7-21-25(28-20)29-22(31)16-34-21/h2-8,19,27,32H,9-16H2,1H3,(H,28,29,31)/t19-,26-. The molecule has 3 N–H and O–H groups in total. The number of hydrogen-bond acceptors (Lipinski definition) is 7. The van der Waals surface area contributed by atoms with Crippen molar-refractivity contribution in [3.05, 3.63) is 53.7 Å². The van der Waals surface area contributed by atoms with Gasteiger partial charge in [-0.2, -0.15) is 0 Å². The van der Waals surface area contributed by atoms with Crippen molar-refractivity contribution in [2.24, 2.45) is 0 Å². The van der Waals surface area contributed by atoms with Crippen molar-refractivity contribution in [1.29, 1.82) is 0 Å². The molecule has 1 saturated carbocycles. The largest absolute Gasteiger partial charge is 0.481 e. The van der Waals surface area contributed by atoms with Gasteiger partial charge < -0.3 is 25.2 Å². The van der Waals surface area contributed by atoms with Gasteiger partial charge in [-0.15, -0.1) is 0 Å². The molecule has 3 heterocycles. The van der Waals surface area contributed by atoms with Crippen molar-refractivity contribution in [3.8, 4) is 11.6 Å². The molecule has 34 heavy (non-hydrogen) atoms. The number of amides is 1. The molecule has 0 saturated heterocycles. The summed E-state index contributed by atoms with van der Waals surface area (Å²) in [7, 11) is 1.62. The average Bonchev–Trinajstić information content (AvgIpc) is 2.86. The Bertz CT molecular complexity index is 1190. The van der Waals surface area contributed by atoms with E-state index in [-0.39, 0.29) is 12.5 Å². The van der Waals surface area contributed by atoms with Crippen molar-refractivity contribution in [1.82, 2.24) is 15.3 Å². The SMILES string of the molecule is COc1ccc2cccc(CC[C@]3(O)CC[C@H](NCc4ccc5c(n4)NC(=O)CO5)CC3)c2n1. The number of nitrogens with zero attached hydrogens (tertiary/aromatic N) is 2. The Balaban J connectivity index is 1.14. The summed E-state index contributed by atoms with van der Waals surface area (Å²) in [6, 6.07) is 14.2. The van der Waals surface area contributed by atoms with Crippen LogP contribution in [0.2, 0.25) is 0 Å². The number of nitrogens with one attached hydrogen (secondary N) is 2. The molecule has 0 atom stereocenters. The first kappa shape index (κ1) is 22.6. The number of carbonyl (C=O) groups excluding carboxylic acids is 1. The maximum atomic E-state index is 11.5. The molecule has 0 radical (unpaired) electrons. The fourth-order valence-corrected chi connectivity index (χ4v) is 4.83. The number of ether oxygens (including phenoxy) is 2. The lowest BCUT2D eigenvalue weighted by Gasteiger charge is -2.36. The van der Waals surface area contributed by atoms with Gasteiger partial charge in [-0.05, 0) is 62.3 Å². The zero-order valence-electron chi connectivity index (χ0n) is 19.3. The van der Waals surface area contributed by atoms with Crippen LogP contribution in [0.5, 0.6) is 11.6 Å². The highest BCUT2D eigenvalue weighted by Crippen LogP contribution is 2.33. The third kappa shape index (κ3) is 4.98. The number of fused-ring (bicyclic) bond motifs is 2. The van der Waals surface area contributed by atoms with Gasteiger partial charge in [-0.1, -0.05) is 18.2 Å². The number of aryl methyl sites for hydroxylation is 1. The number of aliphatic hydroxyl groups is 1. The molecule has 0 spiro atoms. The first-order valence-electron chi connectivity index (χ1n) is 11.8. The van der Waals surface area contributed by atoms with Crippen LogP contribution >= 0.6 is 0 Å². The minimum absolute atomic E-state index is 0.0302. The Morgan fingerprint density at radius 2 is 2.03 bits per heavy atom. The predicted octanol–water partition coefficient (Wildman–Crippen LogP) is 3.37. The normalized spacial score (nSPS) is 22.1. The molecular weight excluding hydrogens is 432 g/mol. The molecule has 8 heteroatoms. The van der Waals surface area contributed by atoms with Crippen LogP contribution in [0, 0.1) is 0 Å². The molecular formula is C26H30N4O4. The van der Waals surface area contributed by atoms with Crippen molar-refractivity contribution < 1.29 is 19.4 Å².